The second kappa shape index (κ2) is 17.3. The van der Waals surface area contributed by atoms with E-state index in [0.29, 0.717) is 0 Å². The summed E-state index contributed by atoms with van der Waals surface area (Å²) < 4.78 is 0. The van der Waals surface area contributed by atoms with Crippen LogP contribution in [-0.2, 0) is 0 Å². The molecule has 2 nitrogen and oxygen atoms in total. The van der Waals surface area contributed by atoms with Gasteiger partial charge >= 0.3 is 0 Å². The number of unbranched alkanes of at least 4 members (excludes halogenated alkanes) is 11. The van der Waals surface area contributed by atoms with Crippen LogP contribution in [0, 0.1) is 0 Å². The molecular weight excluding hydrogens is 272 g/mol. The van der Waals surface area contributed by atoms with E-state index in [9.17, 15) is 5.11 Å². The molecule has 134 valence electrons. The fourth-order valence-corrected chi connectivity index (χ4v) is 3.01. The minimum absolute atomic E-state index is 0.0502. The van der Waals surface area contributed by atoms with Crippen molar-refractivity contribution in [2.24, 2.45) is 0 Å². The summed E-state index contributed by atoms with van der Waals surface area (Å²) in [5.41, 5.74) is 0. The number of aliphatic hydroxyl groups excluding tert-OH is 2. The highest BCUT2D eigenvalue weighted by molar-refractivity contribution is 4.57. The highest BCUT2D eigenvalue weighted by Gasteiger charge is 2.03. The third kappa shape index (κ3) is 18.0. The number of aliphatic hydroxyl groups is 2. The lowest BCUT2D eigenvalue weighted by atomic mass is 10.0. The normalized spacial score (nSPS) is 14.2. The summed E-state index contributed by atoms with van der Waals surface area (Å²) in [6.45, 7) is 4.11. The predicted molar refractivity (Wildman–Crippen MR) is 97.2 cm³/mol. The van der Waals surface area contributed by atoms with Gasteiger partial charge in [-0.15, -0.1) is 0 Å². The van der Waals surface area contributed by atoms with Gasteiger partial charge in [-0.1, -0.05) is 90.4 Å². The zero-order valence-corrected chi connectivity index (χ0v) is 15.4. The van der Waals surface area contributed by atoms with Gasteiger partial charge in [-0.05, 0) is 26.2 Å². The Morgan fingerprint density at radius 1 is 0.545 bits per heavy atom. The van der Waals surface area contributed by atoms with Gasteiger partial charge in [-0.2, -0.15) is 0 Å². The van der Waals surface area contributed by atoms with Crippen LogP contribution >= 0.6 is 0 Å². The van der Waals surface area contributed by atoms with Gasteiger partial charge < -0.3 is 10.2 Å². The lowest BCUT2D eigenvalue weighted by Gasteiger charge is -2.10. The number of rotatable bonds is 17. The molecule has 2 atom stereocenters. The Hall–Kier alpha value is -0.0800. The molecule has 0 aromatic heterocycles. The predicted octanol–water partition coefficient (Wildman–Crippen LogP) is 5.99. The van der Waals surface area contributed by atoms with Crippen molar-refractivity contribution in [2.75, 3.05) is 0 Å². The van der Waals surface area contributed by atoms with Crippen molar-refractivity contribution >= 4 is 0 Å². The zero-order valence-electron chi connectivity index (χ0n) is 15.4. The molecule has 0 aromatic rings. The van der Waals surface area contributed by atoms with Gasteiger partial charge in [0.2, 0.25) is 0 Å². The molecule has 0 aliphatic carbocycles. The maximum atomic E-state index is 9.89. The van der Waals surface area contributed by atoms with Crippen LogP contribution in [0.4, 0.5) is 0 Å². The largest absolute Gasteiger partial charge is 0.393 e. The average Bonchev–Trinajstić information content (AvgIpc) is 2.49. The maximum Gasteiger partial charge on any atom is 0.0540 e. The van der Waals surface area contributed by atoms with Gasteiger partial charge in [-0.25, -0.2) is 0 Å². The first-order chi connectivity index (χ1) is 10.7. The summed E-state index contributed by atoms with van der Waals surface area (Å²) in [4.78, 5) is 0. The molecule has 0 fully saturated rings. The van der Waals surface area contributed by atoms with Crippen molar-refractivity contribution in [3.05, 3.63) is 0 Å². The lowest BCUT2D eigenvalue weighted by molar-refractivity contribution is 0.147. The standard InChI is InChI=1S/C20H42O2/c1-3-4-5-14-17-20(22)18-15-12-10-8-6-7-9-11-13-16-19(2)21/h19-22H,3-18H2,1-2H3. The molecule has 0 aromatic carbocycles. The van der Waals surface area contributed by atoms with E-state index in [0.717, 1.165) is 19.3 Å². The Balaban J connectivity index is 3.10. The van der Waals surface area contributed by atoms with Crippen molar-refractivity contribution < 1.29 is 10.2 Å². The molecule has 2 heteroatoms. The highest BCUT2D eigenvalue weighted by Crippen LogP contribution is 2.14. The molecule has 0 saturated heterocycles. The van der Waals surface area contributed by atoms with Crippen LogP contribution in [0.15, 0.2) is 0 Å². The minimum atomic E-state index is -0.123. The first kappa shape index (κ1) is 21.9. The molecule has 0 amide bonds. The van der Waals surface area contributed by atoms with E-state index >= 15 is 0 Å². The van der Waals surface area contributed by atoms with Gasteiger partial charge in [0.25, 0.3) is 0 Å². The van der Waals surface area contributed by atoms with Crippen molar-refractivity contribution in [3.63, 3.8) is 0 Å². The fourth-order valence-electron chi connectivity index (χ4n) is 3.01. The highest BCUT2D eigenvalue weighted by atomic mass is 16.3. The molecule has 0 spiro atoms. The van der Waals surface area contributed by atoms with Crippen LogP contribution in [0.5, 0.6) is 0 Å². The third-order valence-corrected chi connectivity index (χ3v) is 4.55. The molecule has 0 aliphatic rings. The van der Waals surface area contributed by atoms with Crippen LogP contribution in [-0.4, -0.2) is 22.4 Å². The summed E-state index contributed by atoms with van der Waals surface area (Å²) in [5.74, 6) is 0. The van der Waals surface area contributed by atoms with E-state index in [2.05, 4.69) is 6.92 Å². The molecule has 2 N–H and O–H groups in total. The van der Waals surface area contributed by atoms with E-state index < -0.39 is 0 Å². The molecule has 0 radical (unpaired) electrons. The molecule has 2 unspecified atom stereocenters. The van der Waals surface area contributed by atoms with Crippen LogP contribution in [0.25, 0.3) is 0 Å². The Morgan fingerprint density at radius 2 is 0.909 bits per heavy atom. The van der Waals surface area contributed by atoms with Crippen LogP contribution in [0.1, 0.15) is 117 Å². The fraction of sp³-hybridized carbons (Fsp3) is 1.00. The zero-order chi connectivity index (χ0) is 16.5. The van der Waals surface area contributed by atoms with Gasteiger partial charge in [0, 0.05) is 0 Å². The minimum Gasteiger partial charge on any atom is -0.393 e. The van der Waals surface area contributed by atoms with Crippen molar-refractivity contribution in [1.82, 2.24) is 0 Å². The average molecular weight is 315 g/mol. The van der Waals surface area contributed by atoms with E-state index in [1.54, 1.807) is 0 Å². The Labute approximate surface area is 139 Å². The second-order valence-electron chi connectivity index (χ2n) is 7.11. The van der Waals surface area contributed by atoms with Crippen LogP contribution in [0.3, 0.4) is 0 Å². The van der Waals surface area contributed by atoms with Gasteiger partial charge in [0.05, 0.1) is 12.2 Å². The monoisotopic (exact) mass is 314 g/mol. The summed E-state index contributed by atoms with van der Waals surface area (Å²) >= 11 is 0. The van der Waals surface area contributed by atoms with E-state index in [1.165, 1.54) is 83.5 Å². The molecule has 0 heterocycles. The summed E-state index contributed by atoms with van der Waals surface area (Å²) in [5, 5.41) is 19.1. The Kier molecular flexibility index (Phi) is 17.2. The molecule has 0 saturated carbocycles. The molecule has 0 bridgehead atoms. The van der Waals surface area contributed by atoms with Crippen molar-refractivity contribution in [1.29, 1.82) is 0 Å². The van der Waals surface area contributed by atoms with Gasteiger partial charge in [0.1, 0.15) is 0 Å². The first-order valence-electron chi connectivity index (χ1n) is 10.0. The molecule has 0 rings (SSSR count). The van der Waals surface area contributed by atoms with E-state index in [-0.39, 0.29) is 12.2 Å². The van der Waals surface area contributed by atoms with Gasteiger partial charge in [-0.3, -0.25) is 0 Å². The molecule has 22 heavy (non-hydrogen) atoms. The lowest BCUT2D eigenvalue weighted by Crippen LogP contribution is -2.05. The van der Waals surface area contributed by atoms with Crippen molar-refractivity contribution in [3.8, 4) is 0 Å². The summed E-state index contributed by atoms with van der Waals surface area (Å²) in [7, 11) is 0. The van der Waals surface area contributed by atoms with Crippen molar-refractivity contribution in [2.45, 2.75) is 129 Å². The first-order valence-corrected chi connectivity index (χ1v) is 10.0. The Bertz CT molecular complexity index is 204. The van der Waals surface area contributed by atoms with E-state index in [1.807, 2.05) is 6.92 Å². The summed E-state index contributed by atoms with van der Waals surface area (Å²) in [6, 6.07) is 0. The topological polar surface area (TPSA) is 40.5 Å². The van der Waals surface area contributed by atoms with E-state index in [4.69, 9.17) is 5.11 Å². The van der Waals surface area contributed by atoms with Crippen LogP contribution in [0.2, 0.25) is 0 Å². The SMILES string of the molecule is CCCCCCC(O)CCCCCCCCCCCC(C)O. The second-order valence-corrected chi connectivity index (χ2v) is 7.11. The third-order valence-electron chi connectivity index (χ3n) is 4.55. The smallest absolute Gasteiger partial charge is 0.0540 e. The molecule has 0 aliphatic heterocycles. The van der Waals surface area contributed by atoms with Crippen LogP contribution < -0.4 is 0 Å². The Morgan fingerprint density at radius 3 is 1.32 bits per heavy atom. The van der Waals surface area contributed by atoms with Gasteiger partial charge in [0.15, 0.2) is 0 Å². The molecular formula is C20H42O2. The number of hydrogen-bond acceptors (Lipinski definition) is 2. The summed E-state index contributed by atoms with van der Waals surface area (Å²) in [6.07, 6.45) is 19.5. The maximum absolute atomic E-state index is 9.89. The quantitative estimate of drug-likeness (QED) is 0.324. The number of hydrogen-bond donors (Lipinski definition) is 2.